The molecule has 8 unspecified atom stereocenters. The SMILES string of the molecule is CCC(C)C1(C)C(O)C2OC(C(F)(F)C(C)(C)O)CC(C)C2C1(C)CC. The second-order valence-electron chi connectivity index (χ2n) is 9.82. The third kappa shape index (κ3) is 2.76. The third-order valence-electron chi connectivity index (χ3n) is 8.36. The average molecular weight is 377 g/mol. The van der Waals surface area contributed by atoms with E-state index in [1.165, 1.54) is 0 Å². The third-order valence-corrected chi connectivity index (χ3v) is 8.36. The molecule has 0 bridgehead atoms. The molecule has 2 aliphatic rings. The Kier molecular flexibility index (Phi) is 5.65. The van der Waals surface area contributed by atoms with Gasteiger partial charge in [0, 0.05) is 5.41 Å². The van der Waals surface area contributed by atoms with E-state index in [0.717, 1.165) is 26.7 Å². The first kappa shape index (κ1) is 22.0. The Balaban J connectivity index is 2.47. The maximum absolute atomic E-state index is 14.8. The van der Waals surface area contributed by atoms with E-state index in [0.29, 0.717) is 0 Å². The average Bonchev–Trinajstić information content (AvgIpc) is 2.73. The Morgan fingerprint density at radius 2 is 1.77 bits per heavy atom. The second kappa shape index (κ2) is 6.66. The summed E-state index contributed by atoms with van der Waals surface area (Å²) in [6.45, 7) is 14.9. The maximum Gasteiger partial charge on any atom is 0.301 e. The van der Waals surface area contributed by atoms with Gasteiger partial charge in [0.05, 0.1) is 12.2 Å². The lowest BCUT2D eigenvalue weighted by Gasteiger charge is -2.51. The molecule has 0 aromatic rings. The van der Waals surface area contributed by atoms with Gasteiger partial charge in [0.1, 0.15) is 11.7 Å². The molecule has 3 nitrogen and oxygen atoms in total. The van der Waals surface area contributed by atoms with Crippen molar-refractivity contribution in [2.75, 3.05) is 0 Å². The number of hydrogen-bond acceptors (Lipinski definition) is 3. The quantitative estimate of drug-likeness (QED) is 0.734. The van der Waals surface area contributed by atoms with Gasteiger partial charge in [-0.15, -0.1) is 0 Å². The van der Waals surface area contributed by atoms with Crippen molar-refractivity contribution in [3.63, 3.8) is 0 Å². The Hall–Kier alpha value is -0.260. The van der Waals surface area contributed by atoms with E-state index in [4.69, 9.17) is 4.74 Å². The summed E-state index contributed by atoms with van der Waals surface area (Å²) in [4.78, 5) is 0. The Morgan fingerprint density at radius 1 is 1.23 bits per heavy atom. The number of ether oxygens (including phenoxy) is 1. The van der Waals surface area contributed by atoms with Gasteiger partial charge in [-0.05, 0) is 49.9 Å². The molecular weight excluding hydrogens is 338 g/mol. The lowest BCUT2D eigenvalue weighted by molar-refractivity contribution is -0.271. The first-order valence-corrected chi connectivity index (χ1v) is 10.1. The number of aliphatic hydroxyl groups excluding tert-OH is 1. The topological polar surface area (TPSA) is 49.7 Å². The Labute approximate surface area is 157 Å². The molecule has 2 rings (SSSR count). The number of rotatable bonds is 5. The molecule has 0 radical (unpaired) electrons. The molecule has 1 heterocycles. The van der Waals surface area contributed by atoms with E-state index in [-0.39, 0.29) is 29.6 Å². The molecule has 1 saturated carbocycles. The molecule has 1 aliphatic carbocycles. The zero-order chi connectivity index (χ0) is 20.3. The lowest BCUT2D eigenvalue weighted by Crippen LogP contribution is -2.58. The summed E-state index contributed by atoms with van der Waals surface area (Å²) in [6.07, 6.45) is -0.825. The van der Waals surface area contributed by atoms with E-state index in [1.807, 2.05) is 6.92 Å². The summed E-state index contributed by atoms with van der Waals surface area (Å²) >= 11 is 0. The van der Waals surface area contributed by atoms with Crippen molar-refractivity contribution in [3.05, 3.63) is 0 Å². The predicted octanol–water partition coefficient (Wildman–Crippen LogP) is 4.65. The molecule has 0 spiro atoms. The number of halogens is 2. The molecule has 2 fully saturated rings. The van der Waals surface area contributed by atoms with E-state index in [2.05, 4.69) is 34.6 Å². The highest BCUT2D eigenvalue weighted by Crippen LogP contribution is 2.66. The fraction of sp³-hybridized carbons (Fsp3) is 1.00. The van der Waals surface area contributed by atoms with Crippen LogP contribution in [0.5, 0.6) is 0 Å². The largest absolute Gasteiger partial charge is 0.390 e. The predicted molar refractivity (Wildman–Crippen MR) is 99.1 cm³/mol. The molecule has 26 heavy (non-hydrogen) atoms. The second-order valence-corrected chi connectivity index (χ2v) is 9.82. The fourth-order valence-corrected chi connectivity index (χ4v) is 5.96. The van der Waals surface area contributed by atoms with Crippen molar-refractivity contribution >= 4 is 0 Å². The van der Waals surface area contributed by atoms with Crippen LogP contribution in [0.4, 0.5) is 8.78 Å². The number of fused-ring (bicyclic) bond motifs is 1. The highest BCUT2D eigenvalue weighted by Gasteiger charge is 2.69. The van der Waals surface area contributed by atoms with Crippen LogP contribution in [0.25, 0.3) is 0 Å². The van der Waals surface area contributed by atoms with Crippen LogP contribution in [0.2, 0.25) is 0 Å². The minimum Gasteiger partial charge on any atom is -0.390 e. The summed E-state index contributed by atoms with van der Waals surface area (Å²) in [6, 6.07) is 0. The standard InChI is InChI=1S/C21H38F2O3/c1-9-13(4)20(8)17(24)16-15(19(20,7)10-2)12(3)11-14(26-16)21(22,23)18(5,6)25/h12-17,24-25H,9-11H2,1-8H3. The van der Waals surface area contributed by atoms with Crippen molar-refractivity contribution in [1.29, 1.82) is 0 Å². The van der Waals surface area contributed by atoms with Crippen molar-refractivity contribution in [2.45, 2.75) is 104 Å². The molecule has 1 aliphatic heterocycles. The zero-order valence-electron chi connectivity index (χ0n) is 17.6. The molecule has 0 aromatic carbocycles. The number of aliphatic hydroxyl groups is 2. The van der Waals surface area contributed by atoms with Crippen LogP contribution in [-0.4, -0.2) is 40.0 Å². The highest BCUT2D eigenvalue weighted by molar-refractivity contribution is 5.16. The molecule has 0 aromatic heterocycles. The molecule has 0 amide bonds. The van der Waals surface area contributed by atoms with Crippen LogP contribution in [0, 0.1) is 28.6 Å². The van der Waals surface area contributed by atoms with Crippen LogP contribution in [-0.2, 0) is 4.74 Å². The summed E-state index contributed by atoms with van der Waals surface area (Å²) in [5, 5.41) is 21.3. The summed E-state index contributed by atoms with van der Waals surface area (Å²) in [5.41, 5.74) is -2.76. The van der Waals surface area contributed by atoms with E-state index >= 15 is 0 Å². The van der Waals surface area contributed by atoms with Gasteiger partial charge in [-0.25, -0.2) is 8.78 Å². The minimum atomic E-state index is -3.37. The molecule has 2 N–H and O–H groups in total. The van der Waals surface area contributed by atoms with Gasteiger partial charge in [0.2, 0.25) is 0 Å². The van der Waals surface area contributed by atoms with Gasteiger partial charge < -0.3 is 14.9 Å². The fourth-order valence-electron chi connectivity index (χ4n) is 5.96. The van der Waals surface area contributed by atoms with Crippen LogP contribution in [0.15, 0.2) is 0 Å². The van der Waals surface area contributed by atoms with E-state index in [1.54, 1.807) is 0 Å². The van der Waals surface area contributed by atoms with E-state index in [9.17, 15) is 19.0 Å². The first-order valence-electron chi connectivity index (χ1n) is 10.1. The van der Waals surface area contributed by atoms with Gasteiger partial charge in [0.15, 0.2) is 0 Å². The summed E-state index contributed by atoms with van der Waals surface area (Å²) in [7, 11) is 0. The van der Waals surface area contributed by atoms with Crippen molar-refractivity contribution in [1.82, 2.24) is 0 Å². The Bertz CT molecular complexity index is 518. The number of hydrogen-bond donors (Lipinski definition) is 2. The first-order chi connectivity index (χ1) is 11.7. The van der Waals surface area contributed by atoms with Gasteiger partial charge in [-0.1, -0.05) is 48.0 Å². The normalized spacial score (nSPS) is 45.5. The smallest absolute Gasteiger partial charge is 0.301 e. The number of alkyl halides is 2. The molecular formula is C21H38F2O3. The van der Waals surface area contributed by atoms with Crippen molar-refractivity contribution in [2.24, 2.45) is 28.6 Å². The molecule has 154 valence electrons. The molecule has 1 saturated heterocycles. The van der Waals surface area contributed by atoms with Crippen LogP contribution in [0.1, 0.15) is 74.7 Å². The van der Waals surface area contributed by atoms with Crippen molar-refractivity contribution in [3.8, 4) is 0 Å². The van der Waals surface area contributed by atoms with Crippen LogP contribution >= 0.6 is 0 Å². The van der Waals surface area contributed by atoms with Crippen LogP contribution in [0.3, 0.4) is 0 Å². The monoisotopic (exact) mass is 376 g/mol. The summed E-state index contributed by atoms with van der Waals surface area (Å²) < 4.78 is 35.5. The lowest BCUT2D eigenvalue weighted by atomic mass is 9.55. The molecule has 8 atom stereocenters. The maximum atomic E-state index is 14.8. The van der Waals surface area contributed by atoms with E-state index < -0.39 is 35.3 Å². The summed E-state index contributed by atoms with van der Waals surface area (Å²) in [5.74, 6) is -3.12. The van der Waals surface area contributed by atoms with Crippen molar-refractivity contribution < 1.29 is 23.7 Å². The molecule has 5 heteroatoms. The van der Waals surface area contributed by atoms with Gasteiger partial charge in [-0.3, -0.25) is 0 Å². The Morgan fingerprint density at radius 3 is 2.19 bits per heavy atom. The highest BCUT2D eigenvalue weighted by atomic mass is 19.3. The minimum absolute atomic E-state index is 0.0162. The van der Waals surface area contributed by atoms with Crippen LogP contribution < -0.4 is 0 Å². The van der Waals surface area contributed by atoms with Gasteiger partial charge >= 0.3 is 5.92 Å². The van der Waals surface area contributed by atoms with Gasteiger partial charge in [0.25, 0.3) is 0 Å². The van der Waals surface area contributed by atoms with Gasteiger partial charge in [-0.2, -0.15) is 0 Å². The zero-order valence-corrected chi connectivity index (χ0v) is 17.6.